The molecule has 0 saturated carbocycles. The highest BCUT2D eigenvalue weighted by atomic mass is 16.5. The summed E-state index contributed by atoms with van der Waals surface area (Å²) in [6, 6.07) is 8.58. The third-order valence-electron chi connectivity index (χ3n) is 6.26. The molecule has 2 N–H and O–H groups in total. The van der Waals surface area contributed by atoms with Crippen molar-refractivity contribution in [3.05, 3.63) is 52.4 Å². The molecule has 0 radical (unpaired) electrons. The summed E-state index contributed by atoms with van der Waals surface area (Å²) in [5.41, 5.74) is 7.27. The fourth-order valence-electron chi connectivity index (χ4n) is 4.35. The van der Waals surface area contributed by atoms with E-state index in [1.54, 1.807) is 50.6 Å². The van der Waals surface area contributed by atoms with E-state index in [9.17, 15) is 14.4 Å². The van der Waals surface area contributed by atoms with Gasteiger partial charge in [0, 0.05) is 46.0 Å². The van der Waals surface area contributed by atoms with Crippen molar-refractivity contribution < 1.29 is 14.3 Å². The van der Waals surface area contributed by atoms with E-state index in [1.165, 1.54) is 9.47 Å². The summed E-state index contributed by atoms with van der Waals surface area (Å²) in [6.45, 7) is 3.75. The topological polar surface area (TPSA) is 116 Å². The van der Waals surface area contributed by atoms with Crippen LogP contribution in [0.25, 0.3) is 11.0 Å². The molecule has 186 valence electrons. The molecule has 35 heavy (non-hydrogen) atoms. The maximum Gasteiger partial charge on any atom is 0.277 e. The van der Waals surface area contributed by atoms with Crippen molar-refractivity contribution in [2.75, 3.05) is 38.7 Å². The van der Waals surface area contributed by atoms with Gasteiger partial charge in [0.1, 0.15) is 11.3 Å². The van der Waals surface area contributed by atoms with Crippen LogP contribution in [0.5, 0.6) is 5.75 Å². The van der Waals surface area contributed by atoms with E-state index < -0.39 is 0 Å². The number of anilines is 1. The zero-order valence-corrected chi connectivity index (χ0v) is 20.4. The van der Waals surface area contributed by atoms with Gasteiger partial charge in [-0.3, -0.25) is 14.4 Å². The minimum Gasteiger partial charge on any atom is -0.483 e. The first-order valence-corrected chi connectivity index (χ1v) is 11.9. The Morgan fingerprint density at radius 2 is 2.00 bits per heavy atom. The van der Waals surface area contributed by atoms with Gasteiger partial charge in [0.15, 0.2) is 12.4 Å². The number of hydrogen-bond donors (Lipinski definition) is 1. The lowest BCUT2D eigenvalue weighted by Gasteiger charge is -2.31. The van der Waals surface area contributed by atoms with Gasteiger partial charge in [-0.1, -0.05) is 12.1 Å². The Hall–Kier alpha value is -3.66. The van der Waals surface area contributed by atoms with Gasteiger partial charge < -0.3 is 29.4 Å². The highest BCUT2D eigenvalue weighted by molar-refractivity contribution is 5.98. The van der Waals surface area contributed by atoms with E-state index in [1.807, 2.05) is 11.5 Å². The fourth-order valence-corrected chi connectivity index (χ4v) is 4.35. The number of carbonyl (C=O) groups excluding carboxylic acids is 2. The quantitative estimate of drug-likeness (QED) is 0.486. The number of likely N-dealkylation sites (N-methyl/N-ethyl adjacent to an activating group) is 1. The standard InChI is InChI=1S/C25H32N6O4/c1-4-31-23-19(27-25(31)30-12-7-8-17(26)14-30)11-13-29(24(23)34)15-20(32)18-9-5-6-10-21(18)35-16-22(33)28(2)3/h5-6,9-11,13,17H,4,7-8,12,14-16,26H2,1-3H3. The predicted molar refractivity (Wildman–Crippen MR) is 134 cm³/mol. The van der Waals surface area contributed by atoms with Crippen LogP contribution >= 0.6 is 0 Å². The molecule has 10 heteroatoms. The molecule has 1 aliphatic heterocycles. The van der Waals surface area contributed by atoms with E-state index in [4.69, 9.17) is 15.5 Å². The van der Waals surface area contributed by atoms with Crippen LogP contribution < -0.4 is 20.9 Å². The SMILES string of the molecule is CCn1c(N2CCCC(N)C2)nc2ccn(CC(=O)c3ccccc3OCC(=O)N(C)C)c(=O)c21. The summed E-state index contributed by atoms with van der Waals surface area (Å²) in [4.78, 5) is 46.8. The Morgan fingerprint density at radius 1 is 1.23 bits per heavy atom. The van der Waals surface area contributed by atoms with Crippen LogP contribution in [0, 0.1) is 0 Å². The molecule has 4 rings (SSSR count). The number of pyridine rings is 1. The third kappa shape index (κ3) is 5.07. The molecular weight excluding hydrogens is 448 g/mol. The predicted octanol–water partition coefficient (Wildman–Crippen LogP) is 1.50. The number of nitrogens with zero attached hydrogens (tertiary/aromatic N) is 5. The number of aromatic nitrogens is 3. The van der Waals surface area contributed by atoms with Crippen molar-refractivity contribution in [3.8, 4) is 5.75 Å². The molecule has 0 spiro atoms. The zero-order chi connectivity index (χ0) is 25.1. The lowest BCUT2D eigenvalue weighted by atomic mass is 10.1. The molecule has 1 aromatic carbocycles. The first kappa shape index (κ1) is 24.5. The molecule has 2 aromatic heterocycles. The van der Waals surface area contributed by atoms with Gasteiger partial charge in [0.2, 0.25) is 5.95 Å². The van der Waals surface area contributed by atoms with Gasteiger partial charge in [0.05, 0.1) is 17.6 Å². The van der Waals surface area contributed by atoms with E-state index in [2.05, 4.69) is 4.90 Å². The largest absolute Gasteiger partial charge is 0.483 e. The Bertz CT molecular complexity index is 1290. The Balaban J connectivity index is 1.62. The van der Waals surface area contributed by atoms with Gasteiger partial charge in [0.25, 0.3) is 11.5 Å². The molecule has 1 amide bonds. The lowest BCUT2D eigenvalue weighted by Crippen LogP contribution is -2.44. The van der Waals surface area contributed by atoms with Crippen LogP contribution in [-0.4, -0.2) is 70.5 Å². The lowest BCUT2D eigenvalue weighted by molar-refractivity contribution is -0.130. The van der Waals surface area contributed by atoms with Crippen molar-refractivity contribution in [2.24, 2.45) is 5.73 Å². The van der Waals surface area contributed by atoms with Crippen molar-refractivity contribution >= 4 is 28.7 Å². The summed E-state index contributed by atoms with van der Waals surface area (Å²) in [6.07, 6.45) is 3.56. The number of para-hydroxylation sites is 1. The molecule has 0 bridgehead atoms. The van der Waals surface area contributed by atoms with Crippen LogP contribution in [0.2, 0.25) is 0 Å². The van der Waals surface area contributed by atoms with Gasteiger partial charge in [-0.2, -0.15) is 0 Å². The van der Waals surface area contributed by atoms with E-state index in [0.717, 1.165) is 25.3 Å². The number of ketones is 1. The van der Waals surface area contributed by atoms with Gasteiger partial charge >= 0.3 is 0 Å². The molecule has 0 aliphatic carbocycles. The number of piperidine rings is 1. The zero-order valence-electron chi connectivity index (χ0n) is 20.4. The summed E-state index contributed by atoms with van der Waals surface area (Å²) < 4.78 is 8.90. The van der Waals surface area contributed by atoms with Gasteiger partial charge in [-0.15, -0.1) is 0 Å². The van der Waals surface area contributed by atoms with Crippen molar-refractivity contribution in [1.82, 2.24) is 19.0 Å². The molecule has 3 aromatic rings. The van der Waals surface area contributed by atoms with Crippen LogP contribution in [0.1, 0.15) is 30.1 Å². The maximum atomic E-state index is 13.4. The second-order valence-corrected chi connectivity index (χ2v) is 8.98. The first-order chi connectivity index (χ1) is 16.8. The van der Waals surface area contributed by atoms with E-state index in [-0.39, 0.29) is 36.4 Å². The number of carbonyl (C=O) groups is 2. The molecule has 10 nitrogen and oxygen atoms in total. The first-order valence-electron chi connectivity index (χ1n) is 11.9. The van der Waals surface area contributed by atoms with Gasteiger partial charge in [-0.05, 0) is 38.0 Å². The van der Waals surface area contributed by atoms with Crippen LogP contribution in [-0.2, 0) is 17.9 Å². The smallest absolute Gasteiger partial charge is 0.277 e. The number of imidazole rings is 1. The summed E-state index contributed by atoms with van der Waals surface area (Å²) >= 11 is 0. The van der Waals surface area contributed by atoms with Crippen LogP contribution in [0.3, 0.4) is 0 Å². The highest BCUT2D eigenvalue weighted by Crippen LogP contribution is 2.24. The number of aryl methyl sites for hydroxylation is 1. The van der Waals surface area contributed by atoms with Crippen molar-refractivity contribution in [3.63, 3.8) is 0 Å². The number of nitrogens with two attached hydrogens (primary N) is 1. The summed E-state index contributed by atoms with van der Waals surface area (Å²) in [7, 11) is 3.27. The number of rotatable bonds is 8. The molecule has 3 heterocycles. The molecule has 1 fully saturated rings. The molecular formula is C25H32N6O4. The van der Waals surface area contributed by atoms with Gasteiger partial charge in [-0.25, -0.2) is 4.98 Å². The van der Waals surface area contributed by atoms with E-state index >= 15 is 0 Å². The van der Waals surface area contributed by atoms with E-state index in [0.29, 0.717) is 35.4 Å². The summed E-state index contributed by atoms with van der Waals surface area (Å²) in [5.74, 6) is 0.545. The average molecular weight is 481 g/mol. The second kappa shape index (κ2) is 10.3. The molecule has 1 atom stereocenters. The highest BCUT2D eigenvalue weighted by Gasteiger charge is 2.24. The monoisotopic (exact) mass is 480 g/mol. The number of hydrogen-bond acceptors (Lipinski definition) is 7. The minimum atomic E-state index is -0.288. The number of ether oxygens (including phenoxy) is 1. The number of fused-ring (bicyclic) bond motifs is 1. The second-order valence-electron chi connectivity index (χ2n) is 8.98. The molecule has 1 aliphatic rings. The van der Waals surface area contributed by atoms with Crippen LogP contribution in [0.4, 0.5) is 5.95 Å². The minimum absolute atomic E-state index is 0.0819. The normalized spacial score (nSPS) is 15.9. The van der Waals surface area contributed by atoms with Crippen molar-refractivity contribution in [2.45, 2.75) is 38.9 Å². The Morgan fingerprint density at radius 3 is 2.71 bits per heavy atom. The third-order valence-corrected chi connectivity index (χ3v) is 6.26. The van der Waals surface area contributed by atoms with Crippen LogP contribution in [0.15, 0.2) is 41.3 Å². The maximum absolute atomic E-state index is 13.4. The van der Waals surface area contributed by atoms with Crippen molar-refractivity contribution in [1.29, 1.82) is 0 Å². The number of benzene rings is 1. The average Bonchev–Trinajstić information content (AvgIpc) is 3.23. The Kier molecular flexibility index (Phi) is 7.20. The Labute approximate surface area is 203 Å². The summed E-state index contributed by atoms with van der Waals surface area (Å²) in [5, 5.41) is 0. The fraction of sp³-hybridized carbons (Fsp3) is 0.440. The molecule has 1 unspecified atom stereocenters. The number of amides is 1. The number of Topliss-reactive ketones (excluding diaryl/α,β-unsaturated/α-hetero) is 1. The molecule has 1 saturated heterocycles.